The zero-order valence-corrected chi connectivity index (χ0v) is 16.8. The zero-order valence-electron chi connectivity index (χ0n) is 15.9. The molecule has 28 heavy (non-hydrogen) atoms. The lowest BCUT2D eigenvalue weighted by molar-refractivity contribution is 0.0772. The summed E-state index contributed by atoms with van der Waals surface area (Å²) >= 11 is 0. The summed E-state index contributed by atoms with van der Waals surface area (Å²) in [5.41, 5.74) is 2.03. The lowest BCUT2D eigenvalue weighted by Crippen LogP contribution is -2.37. The maximum atomic E-state index is 13.1. The van der Waals surface area contributed by atoms with Crippen molar-refractivity contribution in [2.24, 2.45) is 11.8 Å². The minimum Gasteiger partial charge on any atom is -0.508 e. The Bertz CT molecular complexity index is 1010. The maximum Gasteiger partial charge on any atom is 0.254 e. The van der Waals surface area contributed by atoms with Gasteiger partial charge < -0.3 is 10.0 Å². The van der Waals surface area contributed by atoms with E-state index in [-0.39, 0.29) is 29.5 Å². The van der Waals surface area contributed by atoms with Gasteiger partial charge in [0, 0.05) is 36.7 Å². The van der Waals surface area contributed by atoms with E-state index in [2.05, 4.69) is 0 Å². The van der Waals surface area contributed by atoms with Crippen LogP contribution in [-0.4, -0.2) is 54.5 Å². The van der Waals surface area contributed by atoms with Crippen molar-refractivity contribution in [3.05, 3.63) is 65.2 Å². The second-order valence-corrected chi connectivity index (χ2v) is 9.71. The Morgan fingerprint density at radius 3 is 2.43 bits per heavy atom. The van der Waals surface area contributed by atoms with Gasteiger partial charge in [-0.25, -0.2) is 8.42 Å². The Balaban J connectivity index is 1.63. The molecule has 0 aromatic heterocycles. The highest BCUT2D eigenvalue weighted by molar-refractivity contribution is 7.88. The van der Waals surface area contributed by atoms with Crippen molar-refractivity contribution in [3.8, 4) is 5.75 Å². The number of phenols is 1. The van der Waals surface area contributed by atoms with E-state index in [1.807, 2.05) is 30.3 Å². The van der Waals surface area contributed by atoms with E-state index in [9.17, 15) is 18.3 Å². The molecule has 0 aliphatic carbocycles. The van der Waals surface area contributed by atoms with E-state index in [0.717, 1.165) is 5.56 Å². The van der Waals surface area contributed by atoms with Crippen molar-refractivity contribution in [1.82, 2.24) is 9.21 Å². The monoisotopic (exact) mass is 400 g/mol. The molecule has 148 valence electrons. The Morgan fingerprint density at radius 1 is 1.04 bits per heavy atom. The van der Waals surface area contributed by atoms with Crippen LogP contribution in [-0.2, 0) is 10.0 Å². The number of likely N-dealkylation sites (tertiary alicyclic amines) is 1. The van der Waals surface area contributed by atoms with Crippen LogP contribution in [0.2, 0.25) is 0 Å². The van der Waals surface area contributed by atoms with Crippen molar-refractivity contribution < 1.29 is 18.3 Å². The van der Waals surface area contributed by atoms with Gasteiger partial charge in [0.05, 0.1) is 12.3 Å². The highest BCUT2D eigenvalue weighted by Crippen LogP contribution is 2.46. The van der Waals surface area contributed by atoms with Gasteiger partial charge in [-0.3, -0.25) is 4.79 Å². The fourth-order valence-corrected chi connectivity index (χ4v) is 5.76. The first-order chi connectivity index (χ1) is 13.3. The van der Waals surface area contributed by atoms with Gasteiger partial charge in [-0.2, -0.15) is 4.31 Å². The number of hydrogen-bond donors (Lipinski definition) is 1. The topological polar surface area (TPSA) is 77.9 Å². The van der Waals surface area contributed by atoms with E-state index in [4.69, 9.17) is 0 Å². The molecule has 2 aliphatic heterocycles. The van der Waals surface area contributed by atoms with Crippen LogP contribution in [0.15, 0.2) is 48.5 Å². The maximum absolute atomic E-state index is 13.1. The molecule has 0 unspecified atom stereocenters. The highest BCUT2D eigenvalue weighted by atomic mass is 32.2. The van der Waals surface area contributed by atoms with Crippen LogP contribution in [0.1, 0.15) is 27.5 Å². The molecule has 0 bridgehead atoms. The second kappa shape index (κ2) is 6.90. The number of hydrogen-bond acceptors (Lipinski definition) is 4. The molecule has 0 radical (unpaired) electrons. The standard InChI is InChI=1S/C21H24N2O4S/c1-14-17(9-6-10-19(14)24)21(25)22-11-16-12-23(28(2,26)27)20(18(16)13-22)15-7-4-3-5-8-15/h3-10,16,18,20,24H,11-13H2,1-2H3/t16-,18-,20+/m1/s1. The van der Waals surface area contributed by atoms with Crippen LogP contribution in [0.4, 0.5) is 0 Å². The summed E-state index contributed by atoms with van der Waals surface area (Å²) in [6, 6.07) is 14.4. The van der Waals surface area contributed by atoms with E-state index >= 15 is 0 Å². The Morgan fingerprint density at radius 2 is 1.75 bits per heavy atom. The van der Waals surface area contributed by atoms with Crippen molar-refractivity contribution >= 4 is 15.9 Å². The lowest BCUT2D eigenvalue weighted by Gasteiger charge is -2.28. The molecule has 2 aromatic carbocycles. The molecule has 1 N–H and O–H groups in total. The average Bonchev–Trinajstić information content (AvgIpc) is 3.22. The summed E-state index contributed by atoms with van der Waals surface area (Å²) < 4.78 is 26.4. The van der Waals surface area contributed by atoms with Gasteiger partial charge in [-0.1, -0.05) is 36.4 Å². The largest absolute Gasteiger partial charge is 0.508 e. The van der Waals surface area contributed by atoms with E-state index < -0.39 is 10.0 Å². The molecule has 0 spiro atoms. The summed E-state index contributed by atoms with van der Waals surface area (Å²) in [6.07, 6.45) is 1.25. The molecule has 3 atom stereocenters. The van der Waals surface area contributed by atoms with E-state index in [1.165, 1.54) is 6.26 Å². The fraction of sp³-hybridized carbons (Fsp3) is 0.381. The van der Waals surface area contributed by atoms with Crippen LogP contribution in [0.3, 0.4) is 0 Å². The van der Waals surface area contributed by atoms with Gasteiger partial charge >= 0.3 is 0 Å². The number of rotatable bonds is 3. The minimum absolute atomic E-state index is 0.0543. The number of aromatic hydroxyl groups is 1. The first kappa shape index (κ1) is 19.0. The molecule has 6 nitrogen and oxygen atoms in total. The average molecular weight is 401 g/mol. The minimum atomic E-state index is -3.35. The van der Waals surface area contributed by atoms with Crippen molar-refractivity contribution in [3.63, 3.8) is 0 Å². The molecule has 4 rings (SSSR count). The summed E-state index contributed by atoms with van der Waals surface area (Å²) in [5, 5.41) is 9.92. The molecule has 2 heterocycles. The second-order valence-electron chi connectivity index (χ2n) is 7.77. The van der Waals surface area contributed by atoms with E-state index in [0.29, 0.717) is 30.8 Å². The van der Waals surface area contributed by atoms with Crippen LogP contribution in [0, 0.1) is 18.8 Å². The smallest absolute Gasteiger partial charge is 0.254 e. The summed E-state index contributed by atoms with van der Waals surface area (Å²) in [6.45, 7) is 3.18. The van der Waals surface area contributed by atoms with Crippen LogP contribution >= 0.6 is 0 Å². The van der Waals surface area contributed by atoms with Crippen LogP contribution < -0.4 is 0 Å². The molecule has 1 amide bonds. The van der Waals surface area contributed by atoms with Crippen molar-refractivity contribution in [2.75, 3.05) is 25.9 Å². The van der Waals surface area contributed by atoms with Crippen LogP contribution in [0.5, 0.6) is 5.75 Å². The summed E-state index contributed by atoms with van der Waals surface area (Å²) in [7, 11) is -3.35. The molecule has 2 fully saturated rings. The first-order valence-electron chi connectivity index (χ1n) is 9.37. The molecule has 0 saturated carbocycles. The number of nitrogens with zero attached hydrogens (tertiary/aromatic N) is 2. The van der Waals surface area contributed by atoms with Gasteiger partial charge in [0.1, 0.15) is 5.75 Å². The third-order valence-corrected chi connectivity index (χ3v) is 7.24. The molecule has 7 heteroatoms. The number of phenolic OH excluding ortho intramolecular Hbond substituents is 1. The summed E-state index contributed by atoms with van der Waals surface area (Å²) in [5.74, 6) is 0.149. The quantitative estimate of drug-likeness (QED) is 0.858. The van der Waals surface area contributed by atoms with Gasteiger partial charge in [-0.05, 0) is 30.5 Å². The molecule has 2 saturated heterocycles. The number of benzene rings is 2. The normalized spacial score (nSPS) is 25.1. The number of fused-ring (bicyclic) bond motifs is 1. The number of carbonyl (C=O) groups excluding carboxylic acids is 1. The van der Waals surface area contributed by atoms with E-state index in [1.54, 1.807) is 34.3 Å². The predicted octanol–water partition coefficient (Wildman–Crippen LogP) is 2.41. The van der Waals surface area contributed by atoms with Crippen molar-refractivity contribution in [2.45, 2.75) is 13.0 Å². The highest BCUT2D eigenvalue weighted by Gasteiger charge is 2.51. The van der Waals surface area contributed by atoms with Gasteiger partial charge in [0.25, 0.3) is 5.91 Å². The molecule has 2 aliphatic rings. The van der Waals surface area contributed by atoms with Crippen LogP contribution in [0.25, 0.3) is 0 Å². The van der Waals surface area contributed by atoms with Crippen molar-refractivity contribution in [1.29, 1.82) is 0 Å². The fourth-order valence-electron chi connectivity index (χ4n) is 4.60. The Kier molecular flexibility index (Phi) is 4.67. The Hall–Kier alpha value is -2.38. The third kappa shape index (κ3) is 3.18. The van der Waals surface area contributed by atoms with Gasteiger partial charge in [-0.15, -0.1) is 0 Å². The lowest BCUT2D eigenvalue weighted by atomic mass is 9.90. The molecular weight excluding hydrogens is 376 g/mol. The zero-order chi connectivity index (χ0) is 20.1. The molecule has 2 aromatic rings. The number of sulfonamides is 1. The predicted molar refractivity (Wildman–Crippen MR) is 106 cm³/mol. The molecular formula is C21H24N2O4S. The SMILES string of the molecule is Cc1c(O)cccc1C(=O)N1C[C@@H]2CN(S(C)(=O)=O)[C@@H](c3ccccc3)[C@@H]2C1. The van der Waals surface area contributed by atoms with Gasteiger partial charge in [0.15, 0.2) is 0 Å². The van der Waals surface area contributed by atoms with Gasteiger partial charge in [0.2, 0.25) is 10.0 Å². The number of amides is 1. The first-order valence-corrected chi connectivity index (χ1v) is 11.2. The summed E-state index contributed by atoms with van der Waals surface area (Å²) in [4.78, 5) is 14.9. The third-order valence-electron chi connectivity index (χ3n) is 6.01. The number of carbonyl (C=O) groups is 1. The Labute approximate surface area is 165 Å².